The van der Waals surface area contributed by atoms with Crippen LogP contribution in [0.25, 0.3) is 0 Å². The molecule has 0 aliphatic rings. The molecule has 0 radical (unpaired) electrons. The third-order valence-corrected chi connectivity index (χ3v) is 3.43. The summed E-state index contributed by atoms with van der Waals surface area (Å²) in [6.45, 7) is 7.82. The maximum absolute atomic E-state index is 13.0. The second-order valence-electron chi connectivity index (χ2n) is 5.71. The molecule has 0 bridgehead atoms. The number of unbranched alkanes of at least 4 members (excludes halogenated alkanes) is 1. The molecule has 0 heterocycles. The number of ketones is 1. The summed E-state index contributed by atoms with van der Waals surface area (Å²) < 4.78 is 17.8. The Morgan fingerprint density at radius 3 is 2.42 bits per heavy atom. The maximum atomic E-state index is 13.0. The lowest BCUT2D eigenvalue weighted by molar-refractivity contribution is -0.143. The van der Waals surface area contributed by atoms with E-state index < -0.39 is 5.82 Å². The molecule has 0 saturated heterocycles. The summed E-state index contributed by atoms with van der Waals surface area (Å²) in [5.74, 6) is -0.864. The number of hydrogen-bond acceptors (Lipinski definition) is 4. The van der Waals surface area contributed by atoms with Crippen molar-refractivity contribution >= 4 is 11.8 Å². The van der Waals surface area contributed by atoms with Crippen LogP contribution in [-0.4, -0.2) is 23.5 Å². The van der Waals surface area contributed by atoms with Crippen molar-refractivity contribution in [3.05, 3.63) is 29.1 Å². The molecule has 136 valence electrons. The molecule has 0 unspecified atom stereocenters. The van der Waals surface area contributed by atoms with Crippen molar-refractivity contribution in [3.63, 3.8) is 0 Å². The number of carbonyl (C=O) groups excluding carboxylic acids is 2. The Bertz CT molecular complexity index is 526. The van der Waals surface area contributed by atoms with E-state index in [9.17, 15) is 14.0 Å². The van der Waals surface area contributed by atoms with E-state index in [-0.39, 0.29) is 17.5 Å². The second-order valence-corrected chi connectivity index (χ2v) is 5.71. The highest BCUT2D eigenvalue weighted by molar-refractivity contribution is 5.75. The molecule has 0 saturated carbocycles. The van der Waals surface area contributed by atoms with Crippen molar-refractivity contribution in [1.29, 1.82) is 0 Å². The molecule has 0 fully saturated rings. The summed E-state index contributed by atoms with van der Waals surface area (Å²) in [6.07, 6.45) is 4.46. The number of hydrogen-bond donors (Lipinski definition) is 1. The van der Waals surface area contributed by atoms with Gasteiger partial charge in [-0.3, -0.25) is 4.79 Å². The van der Waals surface area contributed by atoms with Gasteiger partial charge in [0.2, 0.25) is 0 Å². The first-order valence-electron chi connectivity index (χ1n) is 8.44. The van der Waals surface area contributed by atoms with E-state index in [4.69, 9.17) is 9.84 Å². The molecule has 0 amide bonds. The molecule has 1 aromatic rings. The third-order valence-electron chi connectivity index (χ3n) is 3.43. The smallest absolute Gasteiger partial charge is 0.305 e. The molecule has 0 aliphatic heterocycles. The molecule has 0 aromatic heterocycles. The van der Waals surface area contributed by atoms with Crippen molar-refractivity contribution in [2.45, 2.75) is 66.2 Å². The monoisotopic (exact) mass is 340 g/mol. The predicted octanol–water partition coefficient (Wildman–Crippen LogP) is 4.49. The molecule has 24 heavy (non-hydrogen) atoms. The number of benzene rings is 1. The molecular weight excluding hydrogens is 311 g/mol. The van der Waals surface area contributed by atoms with Gasteiger partial charge in [-0.05, 0) is 56.4 Å². The summed E-state index contributed by atoms with van der Waals surface area (Å²) in [6, 6.07) is 2.75. The van der Waals surface area contributed by atoms with Gasteiger partial charge in [0.05, 0.1) is 6.61 Å². The molecule has 1 rings (SSSR count). The van der Waals surface area contributed by atoms with Crippen LogP contribution in [0.3, 0.4) is 0 Å². The molecule has 0 spiro atoms. The Hall–Kier alpha value is -1.91. The van der Waals surface area contributed by atoms with E-state index in [1.54, 1.807) is 13.8 Å². The minimum Gasteiger partial charge on any atom is -0.505 e. The van der Waals surface area contributed by atoms with Crippen molar-refractivity contribution in [2.75, 3.05) is 6.61 Å². The van der Waals surface area contributed by atoms with Crippen LogP contribution in [0, 0.1) is 12.7 Å². The molecule has 4 nitrogen and oxygen atoms in total. The standard InChI is InChI=1S/C12H15FO2.C7H14O2/c1-8-6-12(15)11(13)7-10(8)5-3-4-9(2)14;1-3-5-6-9-7(8)4-2/h6-7,15H,3-5H2,1-2H3;3-6H2,1-2H3. The van der Waals surface area contributed by atoms with E-state index in [0.717, 1.165) is 30.4 Å². The average molecular weight is 340 g/mol. The topological polar surface area (TPSA) is 63.6 Å². The van der Waals surface area contributed by atoms with Crippen LogP contribution >= 0.6 is 0 Å². The zero-order valence-electron chi connectivity index (χ0n) is 15.2. The van der Waals surface area contributed by atoms with Crippen LogP contribution in [0.4, 0.5) is 4.39 Å². The van der Waals surface area contributed by atoms with E-state index in [1.807, 2.05) is 6.92 Å². The first-order chi connectivity index (χ1) is 11.3. The number of phenolic OH excluding ortho intramolecular Hbond substituents is 1. The summed E-state index contributed by atoms with van der Waals surface area (Å²) in [4.78, 5) is 21.2. The van der Waals surface area contributed by atoms with Gasteiger partial charge in [0.25, 0.3) is 0 Å². The molecule has 1 N–H and O–H groups in total. The van der Waals surface area contributed by atoms with Crippen molar-refractivity contribution < 1.29 is 23.8 Å². The largest absolute Gasteiger partial charge is 0.505 e. The zero-order valence-corrected chi connectivity index (χ0v) is 15.2. The summed E-state index contributed by atoms with van der Waals surface area (Å²) in [5, 5.41) is 9.11. The van der Waals surface area contributed by atoms with Crippen molar-refractivity contribution in [3.8, 4) is 5.75 Å². The van der Waals surface area contributed by atoms with E-state index >= 15 is 0 Å². The molecule has 1 aromatic carbocycles. The highest BCUT2D eigenvalue weighted by atomic mass is 19.1. The lowest BCUT2D eigenvalue weighted by atomic mass is 10.0. The third kappa shape index (κ3) is 9.98. The highest BCUT2D eigenvalue weighted by Gasteiger charge is 2.06. The van der Waals surface area contributed by atoms with Gasteiger partial charge >= 0.3 is 5.97 Å². The van der Waals surface area contributed by atoms with E-state index in [0.29, 0.717) is 25.9 Å². The first kappa shape index (κ1) is 22.1. The average Bonchev–Trinajstić information content (AvgIpc) is 2.52. The molecule has 0 aliphatic carbocycles. The highest BCUT2D eigenvalue weighted by Crippen LogP contribution is 2.21. The van der Waals surface area contributed by atoms with Gasteiger partial charge < -0.3 is 14.6 Å². The number of aromatic hydroxyl groups is 1. The lowest BCUT2D eigenvalue weighted by Gasteiger charge is -2.06. The summed E-state index contributed by atoms with van der Waals surface area (Å²) in [5.41, 5.74) is 1.71. The van der Waals surface area contributed by atoms with Gasteiger partial charge in [0.1, 0.15) is 5.78 Å². The Balaban J connectivity index is 0.000000506. The second kappa shape index (κ2) is 12.5. The Morgan fingerprint density at radius 1 is 1.21 bits per heavy atom. The van der Waals surface area contributed by atoms with Crippen LogP contribution in [-0.2, 0) is 20.7 Å². The number of ether oxygens (including phenoxy) is 1. The van der Waals surface area contributed by atoms with Gasteiger partial charge in [0, 0.05) is 12.8 Å². The van der Waals surface area contributed by atoms with E-state index in [2.05, 4.69) is 6.92 Å². The van der Waals surface area contributed by atoms with Gasteiger partial charge in [-0.2, -0.15) is 0 Å². The van der Waals surface area contributed by atoms with Crippen LogP contribution in [0.1, 0.15) is 64.0 Å². The zero-order chi connectivity index (χ0) is 18.5. The number of esters is 1. The lowest BCUT2D eigenvalue weighted by Crippen LogP contribution is -2.02. The van der Waals surface area contributed by atoms with Gasteiger partial charge in [-0.1, -0.05) is 20.3 Å². The normalized spacial score (nSPS) is 9.88. The predicted molar refractivity (Wildman–Crippen MR) is 92.6 cm³/mol. The maximum Gasteiger partial charge on any atom is 0.305 e. The SMILES string of the molecule is CC(=O)CCCc1cc(F)c(O)cc1C.CCCCOC(=O)CC. The Labute approximate surface area is 144 Å². The number of aryl methyl sites for hydroxylation is 2. The van der Waals surface area contributed by atoms with Crippen LogP contribution in [0.15, 0.2) is 12.1 Å². The fourth-order valence-corrected chi connectivity index (χ4v) is 1.94. The fraction of sp³-hybridized carbons (Fsp3) is 0.579. The number of halogens is 1. The molecule has 5 heteroatoms. The molecule has 0 atom stereocenters. The van der Waals surface area contributed by atoms with Crippen LogP contribution in [0.5, 0.6) is 5.75 Å². The Morgan fingerprint density at radius 2 is 1.88 bits per heavy atom. The van der Waals surface area contributed by atoms with E-state index in [1.165, 1.54) is 12.1 Å². The van der Waals surface area contributed by atoms with Crippen molar-refractivity contribution in [1.82, 2.24) is 0 Å². The quantitative estimate of drug-likeness (QED) is 0.559. The van der Waals surface area contributed by atoms with Crippen LogP contribution in [0.2, 0.25) is 0 Å². The minimum absolute atomic E-state index is 0.0940. The first-order valence-corrected chi connectivity index (χ1v) is 8.44. The summed E-state index contributed by atoms with van der Waals surface area (Å²) >= 11 is 0. The van der Waals surface area contributed by atoms with Crippen molar-refractivity contribution in [2.24, 2.45) is 0 Å². The number of phenols is 1. The number of rotatable bonds is 8. The van der Waals surface area contributed by atoms with Gasteiger partial charge in [0.15, 0.2) is 11.6 Å². The minimum atomic E-state index is -0.599. The van der Waals surface area contributed by atoms with Gasteiger partial charge in [-0.25, -0.2) is 4.39 Å². The summed E-state index contributed by atoms with van der Waals surface area (Å²) in [7, 11) is 0. The molecular formula is C19H29FO4. The van der Waals surface area contributed by atoms with Crippen LogP contribution < -0.4 is 0 Å². The fourth-order valence-electron chi connectivity index (χ4n) is 1.94. The number of Topliss-reactive ketones (excluding diaryl/α,β-unsaturated/α-hetero) is 1. The van der Waals surface area contributed by atoms with Gasteiger partial charge in [-0.15, -0.1) is 0 Å². The number of carbonyl (C=O) groups is 2. The Kier molecular flexibility index (Phi) is 11.5.